The lowest BCUT2D eigenvalue weighted by atomic mass is 10.0. The zero-order chi connectivity index (χ0) is 16.1. The van der Waals surface area contributed by atoms with Gasteiger partial charge in [-0.1, -0.05) is 6.07 Å². The third-order valence-electron chi connectivity index (χ3n) is 4.55. The molecule has 3 heterocycles. The van der Waals surface area contributed by atoms with Crippen molar-refractivity contribution in [1.29, 1.82) is 0 Å². The Balaban J connectivity index is 1.50. The molecule has 0 unspecified atom stereocenters. The van der Waals surface area contributed by atoms with Gasteiger partial charge in [0.25, 0.3) is 0 Å². The van der Waals surface area contributed by atoms with E-state index in [9.17, 15) is 4.79 Å². The van der Waals surface area contributed by atoms with Crippen molar-refractivity contribution in [3.05, 3.63) is 48.3 Å². The van der Waals surface area contributed by atoms with E-state index in [1.54, 1.807) is 6.20 Å². The first kappa shape index (κ1) is 15.7. The van der Waals surface area contributed by atoms with Gasteiger partial charge in [0.05, 0.1) is 6.04 Å². The summed E-state index contributed by atoms with van der Waals surface area (Å²) in [5.41, 5.74) is 1.06. The number of imidazole rings is 1. The molecule has 0 aromatic carbocycles. The van der Waals surface area contributed by atoms with E-state index >= 15 is 0 Å². The van der Waals surface area contributed by atoms with Crippen LogP contribution in [0, 0.1) is 6.92 Å². The Hall–Kier alpha value is -2.17. The van der Waals surface area contributed by atoms with Gasteiger partial charge in [0.15, 0.2) is 0 Å². The fourth-order valence-electron chi connectivity index (χ4n) is 3.31. The topological polar surface area (TPSA) is 51.0 Å². The monoisotopic (exact) mass is 312 g/mol. The third-order valence-corrected chi connectivity index (χ3v) is 4.55. The number of likely N-dealkylation sites (tertiary alicyclic amines) is 1. The lowest BCUT2D eigenvalue weighted by molar-refractivity contribution is -0.132. The number of nitrogens with zero attached hydrogens (tertiary/aromatic N) is 4. The highest BCUT2D eigenvalue weighted by molar-refractivity contribution is 5.76. The number of carbonyl (C=O) groups excluding carboxylic acids is 1. The molecule has 0 aliphatic carbocycles. The molecule has 122 valence electrons. The Morgan fingerprint density at radius 2 is 2.22 bits per heavy atom. The van der Waals surface area contributed by atoms with Gasteiger partial charge in [-0.05, 0) is 44.7 Å². The lowest BCUT2D eigenvalue weighted by Gasteiger charge is -2.34. The molecule has 1 aliphatic rings. The second-order valence-corrected chi connectivity index (χ2v) is 6.19. The van der Waals surface area contributed by atoms with E-state index in [1.807, 2.05) is 42.4 Å². The summed E-state index contributed by atoms with van der Waals surface area (Å²) < 4.78 is 2.20. The number of pyridine rings is 1. The molecule has 1 fully saturated rings. The minimum atomic E-state index is 0.267. The van der Waals surface area contributed by atoms with E-state index in [2.05, 4.69) is 14.5 Å². The van der Waals surface area contributed by atoms with Crippen molar-refractivity contribution < 1.29 is 4.79 Å². The molecule has 0 bridgehead atoms. The Kier molecular flexibility index (Phi) is 5.05. The smallest absolute Gasteiger partial charge is 0.222 e. The number of aryl methyl sites for hydroxylation is 2. The van der Waals surface area contributed by atoms with Crippen molar-refractivity contribution in [3.8, 4) is 0 Å². The second kappa shape index (κ2) is 7.40. The summed E-state index contributed by atoms with van der Waals surface area (Å²) in [6, 6.07) is 6.29. The summed E-state index contributed by atoms with van der Waals surface area (Å²) in [4.78, 5) is 23.1. The normalized spacial score (nSPS) is 18.1. The molecule has 0 spiro atoms. The van der Waals surface area contributed by atoms with Gasteiger partial charge in [-0.25, -0.2) is 4.98 Å². The first-order chi connectivity index (χ1) is 11.2. The Morgan fingerprint density at radius 3 is 2.96 bits per heavy atom. The number of hydrogen-bond donors (Lipinski definition) is 0. The van der Waals surface area contributed by atoms with Gasteiger partial charge in [0.2, 0.25) is 5.91 Å². The van der Waals surface area contributed by atoms with Crippen LogP contribution >= 0.6 is 0 Å². The van der Waals surface area contributed by atoms with Gasteiger partial charge in [0.1, 0.15) is 5.82 Å². The third kappa shape index (κ3) is 3.97. The first-order valence-electron chi connectivity index (χ1n) is 8.41. The molecule has 2 aromatic heterocycles. The van der Waals surface area contributed by atoms with Crippen molar-refractivity contribution in [2.45, 2.75) is 45.1 Å². The van der Waals surface area contributed by atoms with Crippen LogP contribution in [-0.4, -0.2) is 38.4 Å². The van der Waals surface area contributed by atoms with Crippen molar-refractivity contribution in [3.63, 3.8) is 0 Å². The molecule has 1 amide bonds. The number of aromatic nitrogens is 3. The molecule has 0 N–H and O–H groups in total. The summed E-state index contributed by atoms with van der Waals surface area (Å²) in [5, 5.41) is 0. The molecule has 1 aliphatic heterocycles. The SMILES string of the molecule is Cc1nccn1[C@@H]1CCCN(C(=O)CCCc2ccccn2)C1. The largest absolute Gasteiger partial charge is 0.341 e. The summed E-state index contributed by atoms with van der Waals surface area (Å²) in [6.07, 6.45) is 10.2. The molecule has 5 heteroatoms. The quantitative estimate of drug-likeness (QED) is 0.853. The van der Waals surface area contributed by atoms with Crippen LogP contribution in [-0.2, 0) is 11.2 Å². The van der Waals surface area contributed by atoms with E-state index in [0.29, 0.717) is 12.5 Å². The number of piperidine rings is 1. The predicted molar refractivity (Wildman–Crippen MR) is 89.0 cm³/mol. The summed E-state index contributed by atoms with van der Waals surface area (Å²) in [7, 11) is 0. The molecular formula is C18H24N4O. The van der Waals surface area contributed by atoms with Gasteiger partial charge in [-0.15, -0.1) is 0 Å². The highest BCUT2D eigenvalue weighted by Crippen LogP contribution is 2.23. The van der Waals surface area contributed by atoms with Gasteiger partial charge < -0.3 is 9.47 Å². The Morgan fingerprint density at radius 1 is 1.30 bits per heavy atom. The Labute approximate surface area is 137 Å². The van der Waals surface area contributed by atoms with E-state index in [1.165, 1.54) is 0 Å². The molecule has 3 rings (SSSR count). The summed E-state index contributed by atoms with van der Waals surface area (Å²) >= 11 is 0. The maximum Gasteiger partial charge on any atom is 0.222 e. The van der Waals surface area contributed by atoms with E-state index in [0.717, 1.165) is 50.3 Å². The van der Waals surface area contributed by atoms with Crippen LogP contribution in [0.15, 0.2) is 36.8 Å². The minimum Gasteiger partial charge on any atom is -0.341 e. The van der Waals surface area contributed by atoms with Crippen molar-refractivity contribution >= 4 is 5.91 Å². The zero-order valence-electron chi connectivity index (χ0n) is 13.7. The molecule has 1 atom stereocenters. The van der Waals surface area contributed by atoms with Gasteiger partial charge in [-0.2, -0.15) is 0 Å². The maximum atomic E-state index is 12.5. The Bertz CT molecular complexity index is 637. The molecule has 1 saturated heterocycles. The molecule has 5 nitrogen and oxygen atoms in total. The molecule has 23 heavy (non-hydrogen) atoms. The van der Waals surface area contributed by atoms with Gasteiger partial charge in [-0.3, -0.25) is 9.78 Å². The van der Waals surface area contributed by atoms with Crippen molar-refractivity contribution in [1.82, 2.24) is 19.4 Å². The zero-order valence-corrected chi connectivity index (χ0v) is 13.7. The summed E-state index contributed by atoms with van der Waals surface area (Å²) in [6.45, 7) is 3.71. The van der Waals surface area contributed by atoms with E-state index in [-0.39, 0.29) is 5.91 Å². The van der Waals surface area contributed by atoms with Crippen molar-refractivity contribution in [2.24, 2.45) is 0 Å². The minimum absolute atomic E-state index is 0.267. The predicted octanol–water partition coefficient (Wildman–Crippen LogP) is 2.77. The van der Waals surface area contributed by atoms with E-state index < -0.39 is 0 Å². The van der Waals surface area contributed by atoms with Crippen LogP contribution < -0.4 is 0 Å². The van der Waals surface area contributed by atoms with Crippen LogP contribution in [0.1, 0.15) is 43.2 Å². The van der Waals surface area contributed by atoms with Gasteiger partial charge in [0, 0.05) is 43.8 Å². The lowest BCUT2D eigenvalue weighted by Crippen LogP contribution is -2.40. The van der Waals surface area contributed by atoms with Crippen LogP contribution in [0.5, 0.6) is 0 Å². The van der Waals surface area contributed by atoms with Crippen molar-refractivity contribution in [2.75, 3.05) is 13.1 Å². The summed E-state index contributed by atoms with van der Waals surface area (Å²) in [5.74, 6) is 1.29. The highest BCUT2D eigenvalue weighted by Gasteiger charge is 2.24. The second-order valence-electron chi connectivity index (χ2n) is 6.19. The first-order valence-corrected chi connectivity index (χ1v) is 8.41. The van der Waals surface area contributed by atoms with Crippen LogP contribution in [0.25, 0.3) is 0 Å². The van der Waals surface area contributed by atoms with E-state index in [4.69, 9.17) is 0 Å². The molecule has 0 radical (unpaired) electrons. The number of carbonyl (C=O) groups is 1. The molecular weight excluding hydrogens is 288 g/mol. The van der Waals surface area contributed by atoms with Crippen LogP contribution in [0.2, 0.25) is 0 Å². The van der Waals surface area contributed by atoms with Crippen LogP contribution in [0.4, 0.5) is 0 Å². The fraction of sp³-hybridized carbons (Fsp3) is 0.500. The average molecular weight is 312 g/mol. The fourth-order valence-corrected chi connectivity index (χ4v) is 3.31. The number of hydrogen-bond acceptors (Lipinski definition) is 3. The molecule has 0 saturated carbocycles. The maximum absolute atomic E-state index is 12.5. The van der Waals surface area contributed by atoms with Gasteiger partial charge >= 0.3 is 0 Å². The molecule has 2 aromatic rings. The number of rotatable bonds is 5. The van der Waals surface area contributed by atoms with Crippen LogP contribution in [0.3, 0.4) is 0 Å². The highest BCUT2D eigenvalue weighted by atomic mass is 16.2. The number of amides is 1. The average Bonchev–Trinajstić information content (AvgIpc) is 3.02. The standard InChI is InChI=1S/C18H24N4O/c1-15-19-11-13-22(15)17-8-5-12-21(14-17)18(23)9-4-7-16-6-2-3-10-20-16/h2-3,6,10-11,13,17H,4-5,7-9,12,14H2,1H3/t17-/m1/s1.